The van der Waals surface area contributed by atoms with Crippen molar-refractivity contribution in [3.8, 4) is 0 Å². The number of halogens is 1. The van der Waals surface area contributed by atoms with Gasteiger partial charge in [0, 0.05) is 18.0 Å². The first kappa shape index (κ1) is 14.7. The second-order valence-electron chi connectivity index (χ2n) is 4.67. The zero-order valence-corrected chi connectivity index (χ0v) is 12.0. The van der Waals surface area contributed by atoms with Crippen LogP contribution in [0.15, 0.2) is 35.7 Å². The Kier molecular flexibility index (Phi) is 4.87. The lowest BCUT2D eigenvalue weighted by Gasteiger charge is -2.17. The van der Waals surface area contributed by atoms with E-state index in [0.29, 0.717) is 12.1 Å². The van der Waals surface area contributed by atoms with Crippen LogP contribution in [0.25, 0.3) is 0 Å². The van der Waals surface area contributed by atoms with E-state index < -0.39 is 11.8 Å². The van der Waals surface area contributed by atoms with Crippen LogP contribution < -0.4 is 0 Å². The second-order valence-corrected chi connectivity index (χ2v) is 5.71. The number of thiophene rings is 1. The monoisotopic (exact) mass is 293 g/mol. The van der Waals surface area contributed by atoms with Crippen molar-refractivity contribution < 1.29 is 14.3 Å². The summed E-state index contributed by atoms with van der Waals surface area (Å²) in [6.07, 6.45) is 0.928. The van der Waals surface area contributed by atoms with Crippen molar-refractivity contribution in [2.45, 2.75) is 13.0 Å². The first-order valence-corrected chi connectivity index (χ1v) is 7.17. The minimum atomic E-state index is -1.09. The summed E-state index contributed by atoms with van der Waals surface area (Å²) >= 11 is 1.71. The van der Waals surface area contributed by atoms with Crippen LogP contribution in [0.4, 0.5) is 4.39 Å². The molecule has 1 N–H and O–H groups in total. The lowest BCUT2D eigenvalue weighted by molar-refractivity contribution is 0.0694. The van der Waals surface area contributed by atoms with E-state index in [1.165, 1.54) is 10.9 Å². The SMILES string of the molecule is CN(CCc1cccs1)Cc1ccc(F)cc1C(=O)O. The van der Waals surface area contributed by atoms with Gasteiger partial charge in [0.15, 0.2) is 0 Å². The average molecular weight is 293 g/mol. The van der Waals surface area contributed by atoms with Gasteiger partial charge in [-0.2, -0.15) is 0 Å². The smallest absolute Gasteiger partial charge is 0.336 e. The Bertz CT molecular complexity index is 584. The van der Waals surface area contributed by atoms with Gasteiger partial charge in [-0.05, 0) is 42.6 Å². The van der Waals surface area contributed by atoms with E-state index in [1.807, 2.05) is 23.4 Å². The van der Waals surface area contributed by atoms with E-state index in [-0.39, 0.29) is 5.56 Å². The maximum Gasteiger partial charge on any atom is 0.336 e. The van der Waals surface area contributed by atoms with E-state index >= 15 is 0 Å². The largest absolute Gasteiger partial charge is 0.478 e. The standard InChI is InChI=1S/C15H16FNO2S/c1-17(7-6-13-3-2-8-20-13)10-11-4-5-12(16)9-14(11)15(18)19/h2-5,8-9H,6-7,10H2,1H3,(H,18,19). The molecule has 2 rings (SSSR count). The molecule has 0 aliphatic rings. The molecule has 0 unspecified atom stereocenters. The van der Waals surface area contributed by atoms with Crippen LogP contribution in [-0.4, -0.2) is 29.6 Å². The number of likely N-dealkylation sites (N-methyl/N-ethyl adjacent to an activating group) is 1. The Hall–Kier alpha value is -1.72. The number of benzene rings is 1. The molecule has 20 heavy (non-hydrogen) atoms. The molecule has 0 aliphatic heterocycles. The fourth-order valence-electron chi connectivity index (χ4n) is 2.01. The number of nitrogens with zero attached hydrogens (tertiary/aromatic N) is 1. The van der Waals surface area contributed by atoms with E-state index in [0.717, 1.165) is 19.0 Å². The highest BCUT2D eigenvalue weighted by Crippen LogP contribution is 2.15. The predicted octanol–water partition coefficient (Wildman–Crippen LogP) is 3.26. The van der Waals surface area contributed by atoms with Crippen LogP contribution in [0.3, 0.4) is 0 Å². The van der Waals surface area contributed by atoms with Gasteiger partial charge in [-0.25, -0.2) is 9.18 Å². The first-order chi connectivity index (χ1) is 9.56. The number of carboxylic acid groups (broad SMARTS) is 1. The summed E-state index contributed by atoms with van der Waals surface area (Å²) in [5.74, 6) is -1.61. The van der Waals surface area contributed by atoms with Gasteiger partial charge in [0.05, 0.1) is 5.56 Å². The highest BCUT2D eigenvalue weighted by Gasteiger charge is 2.12. The Morgan fingerprint density at radius 3 is 2.85 bits per heavy atom. The van der Waals surface area contributed by atoms with E-state index in [1.54, 1.807) is 17.4 Å². The zero-order valence-electron chi connectivity index (χ0n) is 11.2. The van der Waals surface area contributed by atoms with Crippen LogP contribution >= 0.6 is 11.3 Å². The van der Waals surface area contributed by atoms with Gasteiger partial charge in [-0.3, -0.25) is 0 Å². The molecule has 0 saturated heterocycles. The molecule has 0 aliphatic carbocycles. The fraction of sp³-hybridized carbons (Fsp3) is 0.267. The molecule has 0 atom stereocenters. The van der Waals surface area contributed by atoms with Crippen molar-refractivity contribution >= 4 is 17.3 Å². The van der Waals surface area contributed by atoms with Crippen molar-refractivity contribution in [1.29, 1.82) is 0 Å². The number of carboxylic acids is 1. The summed E-state index contributed by atoms with van der Waals surface area (Å²) in [6.45, 7) is 1.32. The van der Waals surface area contributed by atoms with Gasteiger partial charge in [0.25, 0.3) is 0 Å². The lowest BCUT2D eigenvalue weighted by atomic mass is 10.1. The van der Waals surface area contributed by atoms with E-state index in [2.05, 4.69) is 6.07 Å². The third kappa shape index (κ3) is 3.88. The summed E-state index contributed by atoms with van der Waals surface area (Å²) in [5.41, 5.74) is 0.667. The van der Waals surface area contributed by atoms with Gasteiger partial charge in [-0.15, -0.1) is 11.3 Å². The maximum atomic E-state index is 13.1. The highest BCUT2D eigenvalue weighted by atomic mass is 32.1. The third-order valence-corrected chi connectivity index (χ3v) is 4.00. The molecule has 5 heteroatoms. The number of carbonyl (C=O) groups is 1. The minimum Gasteiger partial charge on any atom is -0.478 e. The van der Waals surface area contributed by atoms with Gasteiger partial charge in [0.1, 0.15) is 5.82 Å². The molecule has 0 radical (unpaired) electrons. The van der Waals surface area contributed by atoms with Crippen molar-refractivity contribution in [1.82, 2.24) is 4.90 Å². The van der Waals surface area contributed by atoms with E-state index in [9.17, 15) is 9.18 Å². The second kappa shape index (κ2) is 6.63. The molecular formula is C15H16FNO2S. The summed E-state index contributed by atoms with van der Waals surface area (Å²) in [4.78, 5) is 14.5. The van der Waals surface area contributed by atoms with Crippen molar-refractivity contribution in [3.05, 3.63) is 57.5 Å². The third-order valence-electron chi connectivity index (χ3n) is 3.06. The van der Waals surface area contributed by atoms with Gasteiger partial charge in [0.2, 0.25) is 0 Å². The van der Waals surface area contributed by atoms with Gasteiger partial charge < -0.3 is 10.0 Å². The van der Waals surface area contributed by atoms with Crippen LogP contribution in [0, 0.1) is 5.82 Å². The van der Waals surface area contributed by atoms with Crippen molar-refractivity contribution in [3.63, 3.8) is 0 Å². The average Bonchev–Trinajstić information content (AvgIpc) is 2.91. The quantitative estimate of drug-likeness (QED) is 0.888. The number of rotatable bonds is 6. The number of aromatic carboxylic acids is 1. The molecule has 0 fully saturated rings. The summed E-state index contributed by atoms with van der Waals surface area (Å²) < 4.78 is 13.1. The molecule has 0 bridgehead atoms. The molecule has 3 nitrogen and oxygen atoms in total. The summed E-state index contributed by atoms with van der Waals surface area (Å²) in [7, 11) is 1.93. The van der Waals surface area contributed by atoms with Crippen LogP contribution in [0.2, 0.25) is 0 Å². The molecule has 1 heterocycles. The van der Waals surface area contributed by atoms with Crippen LogP contribution in [0.1, 0.15) is 20.8 Å². The molecule has 1 aromatic carbocycles. The zero-order chi connectivity index (χ0) is 14.5. The molecule has 0 spiro atoms. The predicted molar refractivity (Wildman–Crippen MR) is 77.7 cm³/mol. The van der Waals surface area contributed by atoms with Gasteiger partial charge >= 0.3 is 5.97 Å². The highest BCUT2D eigenvalue weighted by molar-refractivity contribution is 7.09. The van der Waals surface area contributed by atoms with Gasteiger partial charge in [-0.1, -0.05) is 12.1 Å². The van der Waals surface area contributed by atoms with Crippen molar-refractivity contribution in [2.75, 3.05) is 13.6 Å². The summed E-state index contributed by atoms with van der Waals surface area (Å²) in [6, 6.07) is 8.02. The Morgan fingerprint density at radius 2 is 2.20 bits per heavy atom. The topological polar surface area (TPSA) is 40.5 Å². The normalized spacial score (nSPS) is 10.9. The van der Waals surface area contributed by atoms with E-state index in [4.69, 9.17) is 5.11 Å². The molecule has 0 saturated carbocycles. The molecule has 106 valence electrons. The Balaban J connectivity index is 2.00. The molecule has 0 amide bonds. The molecular weight excluding hydrogens is 277 g/mol. The maximum absolute atomic E-state index is 13.1. The van der Waals surface area contributed by atoms with Crippen LogP contribution in [0.5, 0.6) is 0 Å². The van der Waals surface area contributed by atoms with Crippen LogP contribution in [-0.2, 0) is 13.0 Å². The minimum absolute atomic E-state index is 0.0352. The fourth-order valence-corrected chi connectivity index (χ4v) is 2.71. The summed E-state index contributed by atoms with van der Waals surface area (Å²) in [5, 5.41) is 11.1. The molecule has 1 aromatic heterocycles. The Morgan fingerprint density at radius 1 is 1.40 bits per heavy atom. The van der Waals surface area contributed by atoms with Crippen molar-refractivity contribution in [2.24, 2.45) is 0 Å². The lowest BCUT2D eigenvalue weighted by Crippen LogP contribution is -2.22. The Labute approximate surface area is 121 Å². The first-order valence-electron chi connectivity index (χ1n) is 6.29. The number of hydrogen-bond donors (Lipinski definition) is 1. The molecule has 2 aromatic rings. The number of hydrogen-bond acceptors (Lipinski definition) is 3.